The van der Waals surface area contributed by atoms with E-state index in [4.69, 9.17) is 4.99 Å². The molecule has 2 nitrogen and oxygen atoms in total. The largest absolute Gasteiger partial charge is 0.339 e. The number of hydrogen-bond donors (Lipinski definition) is 1. The summed E-state index contributed by atoms with van der Waals surface area (Å²) in [5.41, 5.74) is 4.51. The molecule has 4 heteroatoms. The first-order valence-electron chi connectivity index (χ1n) is 12.1. The average molecular weight is 497 g/mol. The van der Waals surface area contributed by atoms with Gasteiger partial charge in [0.2, 0.25) is 0 Å². The first-order valence-corrected chi connectivity index (χ1v) is 13.8. The molecule has 0 unspecified atom stereocenters. The van der Waals surface area contributed by atoms with Gasteiger partial charge in [-0.05, 0) is 39.1 Å². The Morgan fingerprint density at radius 1 is 0.714 bits per heavy atom. The molecule has 0 aliphatic carbocycles. The molecule has 4 aromatic carbocycles. The lowest BCUT2D eigenvalue weighted by atomic mass is 9.91. The zero-order chi connectivity index (χ0) is 24.8. The number of hydrogen-bond acceptors (Lipinski definition) is 4. The second kappa shape index (κ2) is 9.07. The maximum absolute atomic E-state index is 5.30. The van der Waals surface area contributed by atoms with Crippen LogP contribution in [0, 0.1) is 0 Å². The lowest BCUT2D eigenvalue weighted by Crippen LogP contribution is -2.18. The molecule has 0 bridgehead atoms. The van der Waals surface area contributed by atoms with Gasteiger partial charge in [0.25, 0.3) is 0 Å². The van der Waals surface area contributed by atoms with Gasteiger partial charge in [0.05, 0.1) is 10.6 Å². The zero-order valence-corrected chi connectivity index (χ0v) is 22.9. The first-order chi connectivity index (χ1) is 16.6. The minimum absolute atomic E-state index is 0.0548. The van der Waals surface area contributed by atoms with E-state index in [9.17, 15) is 0 Å². The van der Waals surface area contributed by atoms with E-state index in [1.54, 1.807) is 0 Å². The number of anilines is 1. The van der Waals surface area contributed by atoms with Gasteiger partial charge in [-0.2, -0.15) is 0 Å². The van der Waals surface area contributed by atoms with E-state index < -0.39 is 0 Å². The van der Waals surface area contributed by atoms with Crippen molar-refractivity contribution in [3.8, 4) is 11.1 Å². The molecular weight excluding hydrogens is 464 g/mol. The smallest absolute Gasteiger partial charge is 0.145 e. The summed E-state index contributed by atoms with van der Waals surface area (Å²) < 4.78 is 0.177. The van der Waals surface area contributed by atoms with Crippen LogP contribution >= 0.6 is 23.5 Å². The molecule has 1 heterocycles. The highest BCUT2D eigenvalue weighted by Gasteiger charge is 2.25. The van der Waals surface area contributed by atoms with Crippen molar-refractivity contribution in [1.29, 1.82) is 0 Å². The summed E-state index contributed by atoms with van der Waals surface area (Å²) in [7, 11) is 0. The Hall–Kier alpha value is -2.69. The summed E-state index contributed by atoms with van der Waals surface area (Å²) in [6.45, 7) is 13.5. The predicted molar refractivity (Wildman–Crippen MR) is 160 cm³/mol. The van der Waals surface area contributed by atoms with Gasteiger partial charge in [0.1, 0.15) is 5.84 Å². The van der Waals surface area contributed by atoms with Crippen LogP contribution in [0.4, 0.5) is 11.4 Å². The third kappa shape index (κ3) is 5.14. The Morgan fingerprint density at radius 3 is 1.94 bits per heavy atom. The van der Waals surface area contributed by atoms with Crippen molar-refractivity contribution in [3.05, 3.63) is 83.1 Å². The number of fused-ring (bicyclic) bond motifs is 7. The van der Waals surface area contributed by atoms with E-state index in [0.717, 1.165) is 22.1 Å². The van der Waals surface area contributed by atoms with Crippen molar-refractivity contribution < 1.29 is 0 Å². The highest BCUT2D eigenvalue weighted by molar-refractivity contribution is 8.08. The van der Waals surface area contributed by atoms with Crippen molar-refractivity contribution in [1.82, 2.24) is 0 Å². The molecule has 0 aromatic heterocycles. The number of nitrogens with zero attached hydrogens (tertiary/aromatic N) is 1. The molecule has 0 atom stereocenters. The van der Waals surface area contributed by atoms with Crippen LogP contribution in [-0.4, -0.2) is 15.3 Å². The molecule has 1 aliphatic heterocycles. The Labute approximate surface area is 217 Å². The first kappa shape index (κ1) is 24.0. The fraction of sp³-hybridized carbons (Fsp3) is 0.258. The molecule has 0 fully saturated rings. The van der Waals surface area contributed by atoms with Gasteiger partial charge < -0.3 is 5.32 Å². The van der Waals surface area contributed by atoms with Gasteiger partial charge in [0, 0.05) is 26.3 Å². The lowest BCUT2D eigenvalue weighted by Gasteiger charge is -2.23. The molecule has 0 amide bonds. The van der Waals surface area contributed by atoms with Crippen LogP contribution in [0.3, 0.4) is 0 Å². The summed E-state index contributed by atoms with van der Waals surface area (Å²) in [4.78, 5) is 6.46. The van der Waals surface area contributed by atoms with E-state index in [1.165, 1.54) is 32.7 Å². The molecule has 0 saturated carbocycles. The number of aliphatic imine (C=N–C) groups is 1. The van der Waals surface area contributed by atoms with Gasteiger partial charge in [-0.1, -0.05) is 102 Å². The van der Waals surface area contributed by atoms with E-state index in [-0.39, 0.29) is 9.49 Å². The monoisotopic (exact) mass is 496 g/mol. The Morgan fingerprint density at radius 2 is 1.31 bits per heavy atom. The zero-order valence-electron chi connectivity index (χ0n) is 21.3. The maximum Gasteiger partial charge on any atom is 0.145 e. The molecule has 178 valence electrons. The molecule has 1 N–H and O–H groups in total. The highest BCUT2D eigenvalue weighted by atomic mass is 32.2. The van der Waals surface area contributed by atoms with Crippen LogP contribution in [0.1, 0.15) is 41.5 Å². The molecule has 0 radical (unpaired) electrons. The molecular formula is C31H32N2S2. The highest BCUT2D eigenvalue weighted by Crippen LogP contribution is 2.47. The fourth-order valence-corrected chi connectivity index (χ4v) is 6.10. The second-order valence-electron chi connectivity index (χ2n) is 10.9. The van der Waals surface area contributed by atoms with Gasteiger partial charge >= 0.3 is 0 Å². The second-order valence-corrected chi connectivity index (χ2v) is 14.5. The molecule has 4 aromatic rings. The van der Waals surface area contributed by atoms with Crippen LogP contribution in [0.2, 0.25) is 0 Å². The minimum Gasteiger partial charge on any atom is -0.339 e. The standard InChI is InChI=1S/C31H32N2S2/c1-30(2,3)34-19-26(35-31(4,5)6)29-32-24-17-15-20-11-7-9-13-22(20)27(24)28-23-14-10-8-12-21(23)16-18-25(28)33-29/h7-19H,1-6H3,(H,32,33)/b26-19-. The summed E-state index contributed by atoms with van der Waals surface area (Å²) in [5, 5.41) is 11.0. The third-order valence-electron chi connectivity index (χ3n) is 5.74. The van der Waals surface area contributed by atoms with Crippen molar-refractivity contribution in [2.75, 3.05) is 5.32 Å². The van der Waals surface area contributed by atoms with E-state index in [0.29, 0.717) is 0 Å². The van der Waals surface area contributed by atoms with Gasteiger partial charge in [-0.3, -0.25) is 0 Å². The van der Waals surface area contributed by atoms with Crippen LogP contribution < -0.4 is 5.32 Å². The minimum atomic E-state index is 0.0548. The Kier molecular flexibility index (Phi) is 6.23. The number of amidine groups is 1. The predicted octanol–water partition coefficient (Wildman–Crippen LogP) is 10.0. The number of rotatable bonds is 3. The SMILES string of the molecule is CC(C)(C)S/C=C(\SC(C)(C)C)C1=Nc2ccc3ccccc3c2-c2c(ccc3ccccc23)N1. The normalized spacial score (nSPS) is 14.2. The van der Waals surface area contributed by atoms with Crippen LogP contribution in [0.15, 0.2) is 88.1 Å². The van der Waals surface area contributed by atoms with Crippen molar-refractivity contribution in [3.63, 3.8) is 0 Å². The van der Waals surface area contributed by atoms with Crippen LogP contribution in [0.5, 0.6) is 0 Å². The topological polar surface area (TPSA) is 24.4 Å². The van der Waals surface area contributed by atoms with Crippen molar-refractivity contribution in [2.45, 2.75) is 51.0 Å². The molecule has 0 spiro atoms. The lowest BCUT2D eigenvalue weighted by molar-refractivity contribution is 0.805. The molecule has 5 rings (SSSR count). The van der Waals surface area contributed by atoms with Gasteiger partial charge in [-0.25, -0.2) is 4.99 Å². The van der Waals surface area contributed by atoms with Crippen LogP contribution in [0.25, 0.3) is 32.7 Å². The van der Waals surface area contributed by atoms with Gasteiger partial charge in [-0.15, -0.1) is 23.5 Å². The molecule has 0 saturated heterocycles. The quantitative estimate of drug-likeness (QED) is 0.305. The average Bonchev–Trinajstić information content (AvgIpc) is 2.97. The number of nitrogens with one attached hydrogen (secondary N) is 1. The summed E-state index contributed by atoms with van der Waals surface area (Å²) >= 11 is 3.71. The third-order valence-corrected chi connectivity index (χ3v) is 8.09. The summed E-state index contributed by atoms with van der Waals surface area (Å²) in [5.74, 6) is 0.909. The van der Waals surface area contributed by atoms with Gasteiger partial charge in [0.15, 0.2) is 0 Å². The Bertz CT molecular complexity index is 1480. The van der Waals surface area contributed by atoms with Crippen molar-refractivity contribution >= 4 is 62.3 Å². The fourth-order valence-electron chi connectivity index (χ4n) is 4.34. The van der Waals surface area contributed by atoms with E-state index >= 15 is 0 Å². The molecule has 35 heavy (non-hydrogen) atoms. The molecule has 1 aliphatic rings. The van der Waals surface area contributed by atoms with E-state index in [2.05, 4.69) is 125 Å². The Balaban J connectivity index is 1.80. The summed E-state index contributed by atoms with van der Waals surface area (Å²) in [6, 6.07) is 26.1. The van der Waals surface area contributed by atoms with E-state index in [1.807, 2.05) is 23.5 Å². The summed E-state index contributed by atoms with van der Waals surface area (Å²) in [6.07, 6.45) is 0. The number of thioether (sulfide) groups is 2. The van der Waals surface area contributed by atoms with Crippen molar-refractivity contribution in [2.24, 2.45) is 4.99 Å². The van der Waals surface area contributed by atoms with Crippen LogP contribution in [-0.2, 0) is 0 Å². The maximum atomic E-state index is 5.30. The number of benzene rings is 4.